The quantitative estimate of drug-likeness (QED) is 0.140. The molecule has 1 rings (SSSR count). The van der Waals surface area contributed by atoms with Crippen LogP contribution in [0.25, 0.3) is 0 Å². The van der Waals surface area contributed by atoms with Crippen LogP contribution in [0.1, 0.15) is 77.0 Å². The Morgan fingerprint density at radius 3 is 1.73 bits per heavy atom. The molecule has 1 aliphatic heterocycles. The molecule has 1 heterocycles. The fourth-order valence-electron chi connectivity index (χ4n) is 3.37. The number of carboxylic acids is 3. The van der Waals surface area contributed by atoms with E-state index in [4.69, 9.17) is 32.5 Å². The van der Waals surface area contributed by atoms with Crippen LogP contribution in [0.15, 0.2) is 16.9 Å². The van der Waals surface area contributed by atoms with Gasteiger partial charge in [0.1, 0.15) is 6.17 Å². The molecule has 188 valence electrons. The number of rotatable bonds is 18. The molecule has 33 heavy (non-hydrogen) atoms. The summed E-state index contributed by atoms with van der Waals surface area (Å²) in [7, 11) is 0. The van der Waals surface area contributed by atoms with E-state index in [0.29, 0.717) is 69.2 Å². The molecule has 0 aromatic rings. The molecule has 0 aromatic heterocycles. The van der Waals surface area contributed by atoms with E-state index in [2.05, 4.69) is 10.5 Å². The Bertz CT molecular complexity index is 713. The lowest BCUT2D eigenvalue weighted by Gasteiger charge is -2.34. The maximum atomic E-state index is 10.7. The van der Waals surface area contributed by atoms with Crippen LogP contribution in [-0.2, 0) is 14.4 Å². The largest absolute Gasteiger partial charge is 0.481 e. The Morgan fingerprint density at radius 1 is 0.788 bits per heavy atom. The maximum absolute atomic E-state index is 10.7. The predicted octanol–water partition coefficient (Wildman–Crippen LogP) is 0.921. The molecule has 0 saturated carbocycles. The van der Waals surface area contributed by atoms with Crippen molar-refractivity contribution in [1.82, 2.24) is 10.5 Å². The topological polar surface area (TPSA) is 218 Å². The third-order valence-corrected chi connectivity index (χ3v) is 5.32. The van der Waals surface area contributed by atoms with Crippen molar-refractivity contribution in [3.8, 4) is 0 Å². The van der Waals surface area contributed by atoms with Gasteiger partial charge in [0.05, 0.1) is 11.4 Å². The summed E-state index contributed by atoms with van der Waals surface area (Å²) in [6, 6.07) is -0.831. The number of aliphatic carboxylic acids is 3. The second kappa shape index (κ2) is 15.2. The smallest absolute Gasteiger partial charge is 0.303 e. The van der Waals surface area contributed by atoms with Gasteiger partial charge in [-0.1, -0.05) is 12.8 Å². The van der Waals surface area contributed by atoms with E-state index in [1.54, 1.807) is 6.08 Å². The van der Waals surface area contributed by atoms with Gasteiger partial charge in [-0.3, -0.25) is 19.8 Å². The monoisotopic (exact) mass is 470 g/mol. The van der Waals surface area contributed by atoms with Crippen LogP contribution in [0.4, 0.5) is 0 Å². The Labute approximate surface area is 193 Å². The lowest BCUT2D eigenvalue weighted by Crippen LogP contribution is -2.53. The summed E-state index contributed by atoms with van der Waals surface area (Å²) in [4.78, 5) is 32.1. The lowest BCUT2D eigenvalue weighted by molar-refractivity contribution is -0.138. The molecule has 0 fully saturated rings. The second-order valence-electron chi connectivity index (χ2n) is 8.28. The number of hydrazone groups is 1. The van der Waals surface area contributed by atoms with Crippen molar-refractivity contribution in [3.05, 3.63) is 11.8 Å². The highest BCUT2D eigenvalue weighted by Gasteiger charge is 2.24. The highest BCUT2D eigenvalue weighted by atomic mass is 16.4. The third kappa shape index (κ3) is 12.2. The van der Waals surface area contributed by atoms with Gasteiger partial charge in [0.2, 0.25) is 0 Å². The predicted molar refractivity (Wildman–Crippen MR) is 123 cm³/mol. The fourth-order valence-corrected chi connectivity index (χ4v) is 3.37. The standard InChI is InChI=1S/C21H38N6O6/c22-14(7-1-4-10-19(28)29)16-13-17(15(23)8-2-5-11-20(30)31)26-27(25-16)18(24)9-3-6-12-21(32)33/h13-15,18,25H,1-12,22-24H2,(H,28,29)(H,30,31)(H,32,33). The van der Waals surface area contributed by atoms with E-state index in [9.17, 15) is 14.4 Å². The number of hydrazine groups is 1. The van der Waals surface area contributed by atoms with Crippen molar-refractivity contribution in [1.29, 1.82) is 0 Å². The normalized spacial score (nSPS) is 16.3. The number of unbranched alkanes of at least 4 members (excludes halogenated alkanes) is 3. The summed E-state index contributed by atoms with van der Waals surface area (Å²) in [5.41, 5.74) is 23.3. The number of carboxylic acid groups (broad SMARTS) is 3. The Balaban J connectivity index is 2.78. The minimum absolute atomic E-state index is 0.0717. The highest BCUT2D eigenvalue weighted by Crippen LogP contribution is 2.17. The molecule has 12 nitrogen and oxygen atoms in total. The van der Waals surface area contributed by atoms with Gasteiger partial charge in [0.15, 0.2) is 0 Å². The summed E-state index contributed by atoms with van der Waals surface area (Å²) >= 11 is 0. The van der Waals surface area contributed by atoms with Crippen molar-refractivity contribution in [2.45, 2.75) is 95.3 Å². The highest BCUT2D eigenvalue weighted by molar-refractivity contribution is 6.00. The van der Waals surface area contributed by atoms with Crippen LogP contribution >= 0.6 is 0 Å². The minimum atomic E-state index is -0.854. The first-order valence-electron chi connectivity index (χ1n) is 11.4. The van der Waals surface area contributed by atoms with Gasteiger partial charge in [-0.2, -0.15) is 10.2 Å². The van der Waals surface area contributed by atoms with Gasteiger partial charge < -0.3 is 32.5 Å². The van der Waals surface area contributed by atoms with E-state index < -0.39 is 36.2 Å². The van der Waals surface area contributed by atoms with Gasteiger partial charge >= 0.3 is 17.9 Å². The van der Waals surface area contributed by atoms with Crippen LogP contribution in [-0.4, -0.2) is 62.3 Å². The second-order valence-corrected chi connectivity index (χ2v) is 8.28. The molecule has 0 aromatic carbocycles. The number of nitrogens with one attached hydrogen (secondary N) is 1. The molecule has 0 bridgehead atoms. The molecule has 1 aliphatic rings. The fraction of sp³-hybridized carbons (Fsp3) is 0.714. The molecule has 0 spiro atoms. The third-order valence-electron chi connectivity index (χ3n) is 5.32. The molecular weight excluding hydrogens is 432 g/mol. The van der Waals surface area contributed by atoms with Crippen molar-refractivity contribution in [3.63, 3.8) is 0 Å². The van der Waals surface area contributed by atoms with Gasteiger partial charge in [-0.25, -0.2) is 0 Å². The summed E-state index contributed by atoms with van der Waals surface area (Å²) in [5, 5.41) is 32.3. The SMILES string of the molecule is NC(CCCCC(=O)O)C1=CC(C(N)CCCCC(=O)O)=NN(C(N)CCCCC(=O)O)N1. The Hall–Kier alpha value is -2.70. The van der Waals surface area contributed by atoms with Crippen LogP contribution in [0.2, 0.25) is 0 Å². The van der Waals surface area contributed by atoms with E-state index in [-0.39, 0.29) is 19.3 Å². The van der Waals surface area contributed by atoms with Crippen molar-refractivity contribution in [2.24, 2.45) is 22.3 Å². The van der Waals surface area contributed by atoms with Gasteiger partial charge in [-0.15, -0.1) is 0 Å². The Morgan fingerprint density at radius 2 is 1.24 bits per heavy atom. The Kier molecular flexibility index (Phi) is 13.0. The summed E-state index contributed by atoms with van der Waals surface area (Å²) in [5.74, 6) is -2.55. The maximum Gasteiger partial charge on any atom is 0.303 e. The zero-order chi connectivity index (χ0) is 24.8. The van der Waals surface area contributed by atoms with Crippen LogP contribution in [0.3, 0.4) is 0 Å². The number of hydrogen-bond acceptors (Lipinski definition) is 9. The molecule has 0 amide bonds. The van der Waals surface area contributed by atoms with Crippen LogP contribution in [0, 0.1) is 0 Å². The molecular formula is C21H38N6O6. The zero-order valence-electron chi connectivity index (χ0n) is 19.0. The van der Waals surface area contributed by atoms with E-state index >= 15 is 0 Å². The number of nitrogens with zero attached hydrogens (tertiary/aromatic N) is 2. The average molecular weight is 471 g/mol. The van der Waals surface area contributed by atoms with Gasteiger partial charge in [0, 0.05) is 31.3 Å². The van der Waals surface area contributed by atoms with Gasteiger partial charge in [-0.05, 0) is 51.0 Å². The van der Waals surface area contributed by atoms with Crippen LogP contribution < -0.4 is 22.6 Å². The first-order chi connectivity index (χ1) is 15.6. The molecule has 12 heteroatoms. The van der Waals surface area contributed by atoms with Crippen molar-refractivity contribution < 1.29 is 29.7 Å². The zero-order valence-corrected chi connectivity index (χ0v) is 19.0. The lowest BCUT2D eigenvalue weighted by atomic mass is 10.00. The number of nitrogens with two attached hydrogens (primary N) is 3. The molecule has 0 saturated heterocycles. The number of carbonyl (C=O) groups is 3. The summed E-state index contributed by atoms with van der Waals surface area (Å²) in [6.45, 7) is 0. The summed E-state index contributed by atoms with van der Waals surface area (Å²) in [6.07, 6.45) is 6.51. The molecule has 3 atom stereocenters. The van der Waals surface area contributed by atoms with E-state index in [1.165, 1.54) is 5.12 Å². The van der Waals surface area contributed by atoms with Crippen molar-refractivity contribution in [2.75, 3.05) is 0 Å². The molecule has 3 unspecified atom stereocenters. The minimum Gasteiger partial charge on any atom is -0.481 e. The molecule has 0 aliphatic carbocycles. The molecule has 10 N–H and O–H groups in total. The van der Waals surface area contributed by atoms with Crippen molar-refractivity contribution >= 4 is 23.6 Å². The van der Waals surface area contributed by atoms with Crippen LogP contribution in [0.5, 0.6) is 0 Å². The first-order valence-corrected chi connectivity index (χ1v) is 11.4. The first kappa shape index (κ1) is 28.3. The average Bonchev–Trinajstić information content (AvgIpc) is 2.76. The number of hydrogen-bond donors (Lipinski definition) is 7. The summed E-state index contributed by atoms with van der Waals surface area (Å²) < 4.78 is 0. The van der Waals surface area contributed by atoms with Gasteiger partial charge in [0.25, 0.3) is 0 Å². The van der Waals surface area contributed by atoms with E-state index in [1.807, 2.05) is 0 Å². The van der Waals surface area contributed by atoms with E-state index in [0.717, 1.165) is 0 Å². The molecule has 0 radical (unpaired) electrons.